The van der Waals surface area contributed by atoms with Gasteiger partial charge in [-0.15, -0.1) is 6.42 Å². The Balaban J connectivity index is 2.14. The predicted molar refractivity (Wildman–Crippen MR) is 65.8 cm³/mol. The summed E-state index contributed by atoms with van der Waals surface area (Å²) in [6.45, 7) is 5.19. The minimum atomic E-state index is 0.582. The molecule has 1 aliphatic rings. The van der Waals surface area contributed by atoms with Crippen LogP contribution < -0.4 is 5.32 Å². The summed E-state index contributed by atoms with van der Waals surface area (Å²) < 4.78 is 0. The van der Waals surface area contributed by atoms with Crippen LogP contribution in [0.1, 0.15) is 32.6 Å². The molecule has 0 amide bonds. The van der Waals surface area contributed by atoms with Crippen molar-refractivity contribution in [3.63, 3.8) is 0 Å². The molecule has 1 rings (SSSR count). The maximum atomic E-state index is 5.20. The smallest absolute Gasteiger partial charge is 0.0574 e. The Morgan fingerprint density at radius 3 is 2.73 bits per heavy atom. The molecule has 0 aromatic carbocycles. The van der Waals surface area contributed by atoms with Gasteiger partial charge < -0.3 is 10.2 Å². The molecule has 1 saturated carbocycles. The summed E-state index contributed by atoms with van der Waals surface area (Å²) in [5, 5.41) is 3.26. The van der Waals surface area contributed by atoms with Crippen molar-refractivity contribution in [2.45, 2.75) is 38.6 Å². The maximum Gasteiger partial charge on any atom is 0.0574 e. The lowest BCUT2D eigenvalue weighted by molar-refractivity contribution is 0.216. The van der Waals surface area contributed by atoms with Gasteiger partial charge in [0, 0.05) is 19.1 Å². The van der Waals surface area contributed by atoms with Gasteiger partial charge in [0.2, 0.25) is 0 Å². The number of nitrogens with one attached hydrogen (secondary N) is 1. The molecule has 1 atom stereocenters. The first-order valence-corrected chi connectivity index (χ1v) is 6.08. The van der Waals surface area contributed by atoms with Crippen LogP contribution in [0.15, 0.2) is 0 Å². The van der Waals surface area contributed by atoms with Crippen LogP contribution in [-0.4, -0.2) is 37.6 Å². The summed E-state index contributed by atoms with van der Waals surface area (Å²) in [7, 11) is 2.22. The summed E-state index contributed by atoms with van der Waals surface area (Å²) in [6.07, 6.45) is 10.9. The standard InChI is InChI=1S/C13H24N2/c1-4-9-14-10-12(2)15(3)11-13-7-5-6-8-13/h1,12-14H,5-11H2,2-3H3. The average molecular weight is 208 g/mol. The lowest BCUT2D eigenvalue weighted by Crippen LogP contribution is -2.40. The minimum absolute atomic E-state index is 0.582. The third kappa shape index (κ3) is 4.68. The molecule has 1 aliphatic carbocycles. The average Bonchev–Trinajstić information content (AvgIpc) is 2.70. The van der Waals surface area contributed by atoms with E-state index in [2.05, 4.69) is 30.1 Å². The maximum absolute atomic E-state index is 5.20. The highest BCUT2D eigenvalue weighted by Gasteiger charge is 2.18. The van der Waals surface area contributed by atoms with E-state index in [0.29, 0.717) is 12.6 Å². The summed E-state index contributed by atoms with van der Waals surface area (Å²) in [6, 6.07) is 0.582. The first kappa shape index (κ1) is 12.5. The molecule has 0 aromatic rings. The quantitative estimate of drug-likeness (QED) is 0.528. The lowest BCUT2D eigenvalue weighted by atomic mass is 10.1. The Morgan fingerprint density at radius 2 is 2.13 bits per heavy atom. The lowest BCUT2D eigenvalue weighted by Gasteiger charge is -2.27. The fraction of sp³-hybridized carbons (Fsp3) is 0.846. The van der Waals surface area contributed by atoms with Gasteiger partial charge in [0.05, 0.1) is 6.54 Å². The van der Waals surface area contributed by atoms with E-state index in [-0.39, 0.29) is 0 Å². The molecule has 2 heteroatoms. The van der Waals surface area contributed by atoms with Crippen LogP contribution in [0.3, 0.4) is 0 Å². The van der Waals surface area contributed by atoms with E-state index < -0.39 is 0 Å². The highest BCUT2D eigenvalue weighted by Crippen LogP contribution is 2.25. The van der Waals surface area contributed by atoms with E-state index in [9.17, 15) is 0 Å². The van der Waals surface area contributed by atoms with Crippen molar-refractivity contribution in [2.75, 3.05) is 26.7 Å². The van der Waals surface area contributed by atoms with E-state index in [4.69, 9.17) is 6.42 Å². The van der Waals surface area contributed by atoms with Gasteiger partial charge in [-0.25, -0.2) is 0 Å². The van der Waals surface area contributed by atoms with Gasteiger partial charge >= 0.3 is 0 Å². The predicted octanol–water partition coefficient (Wildman–Crippen LogP) is 1.72. The van der Waals surface area contributed by atoms with E-state index in [1.165, 1.54) is 32.2 Å². The van der Waals surface area contributed by atoms with Gasteiger partial charge in [-0.2, -0.15) is 0 Å². The molecule has 2 nitrogen and oxygen atoms in total. The van der Waals surface area contributed by atoms with Crippen LogP contribution in [0.4, 0.5) is 0 Å². The third-order valence-electron chi connectivity index (χ3n) is 3.44. The van der Waals surface area contributed by atoms with E-state index in [1.54, 1.807) is 0 Å². The van der Waals surface area contributed by atoms with Crippen LogP contribution in [0.5, 0.6) is 0 Å². The molecule has 86 valence electrons. The van der Waals surface area contributed by atoms with Crippen molar-refractivity contribution in [1.82, 2.24) is 10.2 Å². The Labute approximate surface area is 94.4 Å². The van der Waals surface area contributed by atoms with Gasteiger partial charge in [0.15, 0.2) is 0 Å². The number of hydrogen-bond acceptors (Lipinski definition) is 2. The summed E-state index contributed by atoms with van der Waals surface area (Å²) >= 11 is 0. The zero-order chi connectivity index (χ0) is 11.1. The molecule has 0 heterocycles. The van der Waals surface area contributed by atoms with E-state index >= 15 is 0 Å². The number of rotatable bonds is 6. The van der Waals surface area contributed by atoms with Crippen molar-refractivity contribution >= 4 is 0 Å². The highest BCUT2D eigenvalue weighted by atomic mass is 15.1. The molecular weight excluding hydrogens is 184 g/mol. The molecule has 0 aromatic heterocycles. The van der Waals surface area contributed by atoms with Gasteiger partial charge in [-0.05, 0) is 32.7 Å². The van der Waals surface area contributed by atoms with Crippen LogP contribution in [0.25, 0.3) is 0 Å². The molecule has 1 N–H and O–H groups in total. The van der Waals surface area contributed by atoms with Gasteiger partial charge in [0.1, 0.15) is 0 Å². The van der Waals surface area contributed by atoms with Crippen LogP contribution >= 0.6 is 0 Å². The Kier molecular flexibility index (Phi) is 5.75. The molecule has 0 radical (unpaired) electrons. The number of likely N-dealkylation sites (N-methyl/N-ethyl adjacent to an activating group) is 1. The van der Waals surface area contributed by atoms with Crippen molar-refractivity contribution in [3.8, 4) is 12.3 Å². The normalized spacial score (nSPS) is 19.3. The number of hydrogen-bond donors (Lipinski definition) is 1. The number of terminal acetylenes is 1. The van der Waals surface area contributed by atoms with Crippen LogP contribution in [-0.2, 0) is 0 Å². The zero-order valence-corrected chi connectivity index (χ0v) is 10.1. The Hall–Kier alpha value is -0.520. The first-order chi connectivity index (χ1) is 7.24. The molecule has 0 bridgehead atoms. The molecule has 1 unspecified atom stereocenters. The fourth-order valence-electron chi connectivity index (χ4n) is 2.29. The molecule has 0 saturated heterocycles. The van der Waals surface area contributed by atoms with Crippen LogP contribution in [0.2, 0.25) is 0 Å². The SMILES string of the molecule is C#CCNCC(C)N(C)CC1CCCC1. The topological polar surface area (TPSA) is 15.3 Å². The van der Waals surface area contributed by atoms with Crippen molar-refractivity contribution in [3.05, 3.63) is 0 Å². The summed E-state index contributed by atoms with van der Waals surface area (Å²) in [4.78, 5) is 2.46. The Bertz CT molecular complexity index is 201. The van der Waals surface area contributed by atoms with Crippen molar-refractivity contribution < 1.29 is 0 Å². The minimum Gasteiger partial charge on any atom is -0.305 e. The second-order valence-electron chi connectivity index (χ2n) is 4.77. The Morgan fingerprint density at radius 1 is 1.47 bits per heavy atom. The highest BCUT2D eigenvalue weighted by molar-refractivity contribution is 4.87. The van der Waals surface area contributed by atoms with Gasteiger partial charge in [-0.3, -0.25) is 0 Å². The molecular formula is C13H24N2. The van der Waals surface area contributed by atoms with Crippen molar-refractivity contribution in [1.29, 1.82) is 0 Å². The monoisotopic (exact) mass is 208 g/mol. The van der Waals surface area contributed by atoms with Crippen LogP contribution in [0, 0.1) is 18.3 Å². The first-order valence-electron chi connectivity index (χ1n) is 6.08. The molecule has 0 aliphatic heterocycles. The fourth-order valence-corrected chi connectivity index (χ4v) is 2.29. The largest absolute Gasteiger partial charge is 0.305 e. The number of nitrogens with zero attached hydrogens (tertiary/aromatic N) is 1. The zero-order valence-electron chi connectivity index (χ0n) is 10.1. The molecule has 0 spiro atoms. The van der Waals surface area contributed by atoms with Gasteiger partial charge in [0.25, 0.3) is 0 Å². The molecule has 15 heavy (non-hydrogen) atoms. The van der Waals surface area contributed by atoms with Crippen molar-refractivity contribution in [2.24, 2.45) is 5.92 Å². The summed E-state index contributed by atoms with van der Waals surface area (Å²) in [5.41, 5.74) is 0. The second kappa shape index (κ2) is 6.87. The second-order valence-corrected chi connectivity index (χ2v) is 4.77. The van der Waals surface area contributed by atoms with E-state index in [1.807, 2.05) is 0 Å². The third-order valence-corrected chi connectivity index (χ3v) is 3.44. The van der Waals surface area contributed by atoms with E-state index in [0.717, 1.165) is 12.5 Å². The van der Waals surface area contributed by atoms with Gasteiger partial charge in [-0.1, -0.05) is 18.8 Å². The summed E-state index contributed by atoms with van der Waals surface area (Å²) in [5.74, 6) is 3.54. The molecule has 1 fully saturated rings.